The summed E-state index contributed by atoms with van der Waals surface area (Å²) in [5.74, 6) is -0.0803. The van der Waals surface area contributed by atoms with Crippen molar-refractivity contribution in [2.75, 3.05) is 26.2 Å². The van der Waals surface area contributed by atoms with Crippen LogP contribution in [-0.4, -0.2) is 42.6 Å². The van der Waals surface area contributed by atoms with Gasteiger partial charge in [-0.25, -0.2) is 0 Å². The second-order valence-electron chi connectivity index (χ2n) is 3.97. The Balaban J connectivity index is 4.32. The van der Waals surface area contributed by atoms with E-state index < -0.39 is 0 Å². The summed E-state index contributed by atoms with van der Waals surface area (Å²) in [4.78, 5) is 11.1. The van der Waals surface area contributed by atoms with Gasteiger partial charge >= 0.3 is 0 Å². The molecule has 0 heterocycles. The highest BCUT2D eigenvalue weighted by molar-refractivity contribution is 5.86. The number of nitrogens with zero attached hydrogens (tertiary/aromatic N) is 1. The Bertz CT molecular complexity index is 201. The zero-order valence-electron chi connectivity index (χ0n) is 10.5. The standard InChI is InChI=1S/C12H24N2O/c1-6-12(15)13-10-11(5)14(7-2,8-3)9-4/h6,11H,1,7-10H2,2-5H3/p+1. The van der Waals surface area contributed by atoms with E-state index in [0.29, 0.717) is 6.04 Å². The molecule has 1 N–H and O–H groups in total. The third-order valence-electron chi connectivity index (χ3n) is 3.58. The number of carbonyl (C=O) groups excluding carboxylic acids is 1. The van der Waals surface area contributed by atoms with Gasteiger partial charge in [-0.2, -0.15) is 0 Å². The molecule has 0 saturated carbocycles. The van der Waals surface area contributed by atoms with Crippen molar-refractivity contribution in [2.45, 2.75) is 33.7 Å². The summed E-state index contributed by atoms with van der Waals surface area (Å²) < 4.78 is 1.05. The van der Waals surface area contributed by atoms with Gasteiger partial charge in [0.25, 0.3) is 0 Å². The molecule has 1 amide bonds. The van der Waals surface area contributed by atoms with E-state index in [1.165, 1.54) is 6.08 Å². The van der Waals surface area contributed by atoms with Gasteiger partial charge in [0.05, 0.1) is 26.2 Å². The van der Waals surface area contributed by atoms with E-state index >= 15 is 0 Å². The van der Waals surface area contributed by atoms with Crippen LogP contribution in [0.25, 0.3) is 0 Å². The van der Waals surface area contributed by atoms with Crippen LogP contribution in [0.3, 0.4) is 0 Å². The molecule has 0 fully saturated rings. The second-order valence-corrected chi connectivity index (χ2v) is 3.97. The van der Waals surface area contributed by atoms with Crippen LogP contribution in [0.5, 0.6) is 0 Å². The summed E-state index contributed by atoms with van der Waals surface area (Å²) in [5, 5.41) is 2.87. The van der Waals surface area contributed by atoms with Gasteiger partial charge < -0.3 is 9.80 Å². The number of nitrogens with one attached hydrogen (secondary N) is 1. The molecule has 0 aliphatic carbocycles. The van der Waals surface area contributed by atoms with Crippen molar-refractivity contribution in [2.24, 2.45) is 0 Å². The van der Waals surface area contributed by atoms with Gasteiger partial charge in [0.15, 0.2) is 0 Å². The molecule has 0 aliphatic heterocycles. The van der Waals surface area contributed by atoms with Crippen molar-refractivity contribution in [3.8, 4) is 0 Å². The zero-order valence-corrected chi connectivity index (χ0v) is 10.5. The maximum atomic E-state index is 11.1. The summed E-state index contributed by atoms with van der Waals surface area (Å²) in [7, 11) is 0. The molecular weight excluding hydrogens is 188 g/mol. The van der Waals surface area contributed by atoms with E-state index in [9.17, 15) is 4.79 Å². The maximum Gasteiger partial charge on any atom is 0.243 e. The molecule has 3 nitrogen and oxygen atoms in total. The molecule has 3 heteroatoms. The highest BCUT2D eigenvalue weighted by Gasteiger charge is 2.28. The molecule has 0 aromatic carbocycles. The Morgan fingerprint density at radius 1 is 1.33 bits per heavy atom. The van der Waals surface area contributed by atoms with Crippen LogP contribution in [-0.2, 0) is 4.79 Å². The van der Waals surface area contributed by atoms with Crippen LogP contribution >= 0.6 is 0 Å². The maximum absolute atomic E-state index is 11.1. The first-order chi connectivity index (χ1) is 7.06. The fraction of sp³-hybridized carbons (Fsp3) is 0.750. The summed E-state index contributed by atoms with van der Waals surface area (Å²) >= 11 is 0. The van der Waals surface area contributed by atoms with Crippen molar-refractivity contribution < 1.29 is 9.28 Å². The Kier molecular flexibility index (Phi) is 6.25. The lowest BCUT2D eigenvalue weighted by molar-refractivity contribution is -0.943. The first kappa shape index (κ1) is 14.2. The molecular formula is C12H25N2O+. The minimum Gasteiger partial charge on any atom is -0.347 e. The lowest BCUT2D eigenvalue weighted by atomic mass is 10.2. The van der Waals surface area contributed by atoms with Crippen LogP contribution in [0.1, 0.15) is 27.7 Å². The van der Waals surface area contributed by atoms with Gasteiger partial charge in [-0.15, -0.1) is 0 Å². The molecule has 0 aromatic rings. The molecule has 0 aliphatic rings. The Hall–Kier alpha value is -0.830. The molecule has 0 saturated heterocycles. The third-order valence-corrected chi connectivity index (χ3v) is 3.58. The highest BCUT2D eigenvalue weighted by atomic mass is 16.1. The largest absolute Gasteiger partial charge is 0.347 e. The van der Waals surface area contributed by atoms with Crippen LogP contribution in [0.4, 0.5) is 0 Å². The minimum atomic E-state index is -0.0803. The Morgan fingerprint density at radius 3 is 2.13 bits per heavy atom. The summed E-state index contributed by atoms with van der Waals surface area (Å²) in [6, 6.07) is 0.453. The molecule has 0 aromatic heterocycles. The lowest BCUT2D eigenvalue weighted by Crippen LogP contribution is -2.57. The fourth-order valence-corrected chi connectivity index (χ4v) is 2.12. The van der Waals surface area contributed by atoms with Crippen molar-refractivity contribution in [1.29, 1.82) is 0 Å². The van der Waals surface area contributed by atoms with Crippen molar-refractivity contribution in [3.63, 3.8) is 0 Å². The number of amides is 1. The van der Waals surface area contributed by atoms with Gasteiger partial charge in [-0.05, 0) is 33.8 Å². The molecule has 0 bridgehead atoms. The lowest BCUT2D eigenvalue weighted by Gasteiger charge is -2.41. The van der Waals surface area contributed by atoms with Crippen molar-refractivity contribution >= 4 is 5.91 Å². The Labute approximate surface area is 93.7 Å². The fourth-order valence-electron chi connectivity index (χ4n) is 2.12. The van der Waals surface area contributed by atoms with Crippen molar-refractivity contribution in [3.05, 3.63) is 12.7 Å². The average Bonchev–Trinajstić information content (AvgIpc) is 2.28. The SMILES string of the molecule is C=CC(=O)NCC(C)[N+](CC)(CC)CC. The van der Waals surface area contributed by atoms with Crippen LogP contribution in [0.15, 0.2) is 12.7 Å². The summed E-state index contributed by atoms with van der Waals surface area (Å²) in [5.41, 5.74) is 0. The van der Waals surface area contributed by atoms with Gasteiger partial charge in [-0.1, -0.05) is 6.58 Å². The van der Waals surface area contributed by atoms with Gasteiger partial charge in [0, 0.05) is 0 Å². The highest BCUT2D eigenvalue weighted by Crippen LogP contribution is 2.12. The van der Waals surface area contributed by atoms with Gasteiger partial charge in [0.1, 0.15) is 6.04 Å². The van der Waals surface area contributed by atoms with Crippen LogP contribution in [0, 0.1) is 0 Å². The minimum absolute atomic E-state index is 0.0803. The second kappa shape index (κ2) is 6.62. The topological polar surface area (TPSA) is 29.1 Å². The first-order valence-corrected chi connectivity index (χ1v) is 5.82. The van der Waals surface area contributed by atoms with E-state index in [4.69, 9.17) is 0 Å². The average molecular weight is 213 g/mol. The molecule has 15 heavy (non-hydrogen) atoms. The monoisotopic (exact) mass is 213 g/mol. The smallest absolute Gasteiger partial charge is 0.243 e. The van der Waals surface area contributed by atoms with E-state index in [2.05, 4.69) is 39.6 Å². The first-order valence-electron chi connectivity index (χ1n) is 5.82. The molecule has 1 atom stereocenters. The number of quaternary nitrogens is 1. The van der Waals surface area contributed by atoms with Gasteiger partial charge in [0.2, 0.25) is 5.91 Å². The third kappa shape index (κ3) is 3.67. The number of hydrogen-bond acceptors (Lipinski definition) is 1. The number of rotatable bonds is 7. The summed E-state index contributed by atoms with van der Waals surface area (Å²) in [6.45, 7) is 16.3. The summed E-state index contributed by atoms with van der Waals surface area (Å²) in [6.07, 6.45) is 1.32. The van der Waals surface area contributed by atoms with E-state index in [-0.39, 0.29) is 5.91 Å². The zero-order chi connectivity index (χ0) is 11.9. The molecule has 88 valence electrons. The number of likely N-dealkylation sites (N-methyl/N-ethyl adjacent to an activating group) is 1. The quantitative estimate of drug-likeness (QED) is 0.504. The van der Waals surface area contributed by atoms with E-state index in [1.807, 2.05) is 0 Å². The van der Waals surface area contributed by atoms with E-state index in [0.717, 1.165) is 30.7 Å². The number of hydrogen-bond donors (Lipinski definition) is 1. The van der Waals surface area contributed by atoms with E-state index in [1.54, 1.807) is 0 Å². The Morgan fingerprint density at radius 2 is 1.80 bits per heavy atom. The molecule has 0 radical (unpaired) electrons. The molecule has 0 rings (SSSR count). The van der Waals surface area contributed by atoms with Gasteiger partial charge in [-0.3, -0.25) is 4.79 Å². The molecule has 1 unspecified atom stereocenters. The normalized spacial score (nSPS) is 13.3. The number of carbonyl (C=O) groups is 1. The predicted octanol–water partition coefficient (Wildman–Crippen LogP) is 1.55. The van der Waals surface area contributed by atoms with Crippen molar-refractivity contribution in [1.82, 2.24) is 5.32 Å². The van der Waals surface area contributed by atoms with Crippen LogP contribution < -0.4 is 5.32 Å². The van der Waals surface area contributed by atoms with Crippen LogP contribution in [0.2, 0.25) is 0 Å². The molecule has 0 spiro atoms. The predicted molar refractivity (Wildman–Crippen MR) is 64.6 cm³/mol.